The summed E-state index contributed by atoms with van der Waals surface area (Å²) < 4.78 is 0. The maximum Gasteiger partial charge on any atom is 0.322 e. The van der Waals surface area contributed by atoms with Crippen molar-refractivity contribution in [2.45, 2.75) is 12.8 Å². The van der Waals surface area contributed by atoms with Gasteiger partial charge >= 0.3 is 6.03 Å². The summed E-state index contributed by atoms with van der Waals surface area (Å²) >= 11 is 6.19. The third kappa shape index (κ3) is 3.17. The molecular formula is C16H19ClN4O3. The van der Waals surface area contributed by atoms with Crippen molar-refractivity contribution in [2.75, 3.05) is 31.1 Å². The van der Waals surface area contributed by atoms with Crippen LogP contribution in [-0.2, 0) is 4.79 Å². The Morgan fingerprint density at radius 1 is 1.21 bits per heavy atom. The molecule has 3 N–H and O–H groups in total. The van der Waals surface area contributed by atoms with Crippen LogP contribution in [0.1, 0.15) is 23.2 Å². The molecule has 0 unspecified atom stereocenters. The number of hydrogen-bond acceptors (Lipinski definition) is 3. The van der Waals surface area contributed by atoms with E-state index in [-0.39, 0.29) is 23.8 Å². The van der Waals surface area contributed by atoms with Crippen molar-refractivity contribution in [3.8, 4) is 0 Å². The smallest absolute Gasteiger partial charge is 0.322 e. The van der Waals surface area contributed by atoms with Gasteiger partial charge < -0.3 is 16.0 Å². The lowest BCUT2D eigenvalue weighted by molar-refractivity contribution is -0.123. The molecular weight excluding hydrogens is 332 g/mol. The first-order valence-electron chi connectivity index (χ1n) is 7.91. The third-order valence-electron chi connectivity index (χ3n) is 4.53. The Morgan fingerprint density at radius 2 is 1.92 bits per heavy atom. The number of amides is 4. The highest BCUT2D eigenvalue weighted by Gasteiger charge is 2.28. The van der Waals surface area contributed by atoms with E-state index in [0.29, 0.717) is 55.3 Å². The molecule has 24 heavy (non-hydrogen) atoms. The largest absolute Gasteiger partial charge is 0.369 e. The second-order valence-corrected chi connectivity index (χ2v) is 6.43. The first-order valence-corrected chi connectivity index (χ1v) is 8.28. The average molecular weight is 351 g/mol. The molecule has 128 valence electrons. The highest BCUT2D eigenvalue weighted by atomic mass is 35.5. The second-order valence-electron chi connectivity index (χ2n) is 6.02. The number of benzene rings is 1. The first kappa shape index (κ1) is 16.6. The molecule has 0 aliphatic carbocycles. The molecule has 0 radical (unpaired) electrons. The van der Waals surface area contributed by atoms with Crippen LogP contribution in [0.5, 0.6) is 0 Å². The summed E-state index contributed by atoms with van der Waals surface area (Å²) in [6.45, 7) is 2.05. The van der Waals surface area contributed by atoms with Gasteiger partial charge in [0.2, 0.25) is 5.91 Å². The highest BCUT2D eigenvalue weighted by molar-refractivity contribution is 6.34. The molecule has 2 heterocycles. The normalized spacial score (nSPS) is 18.6. The summed E-state index contributed by atoms with van der Waals surface area (Å²) in [5, 5.41) is 3.14. The summed E-state index contributed by atoms with van der Waals surface area (Å²) in [5.41, 5.74) is 6.33. The van der Waals surface area contributed by atoms with Crippen LogP contribution in [0.3, 0.4) is 0 Å². The summed E-state index contributed by atoms with van der Waals surface area (Å²) in [6.07, 6.45) is 1.16. The van der Waals surface area contributed by atoms with Gasteiger partial charge in [0.1, 0.15) is 0 Å². The maximum absolute atomic E-state index is 12.7. The fraction of sp³-hybridized carbons (Fsp3) is 0.438. The Bertz CT molecular complexity index is 686. The van der Waals surface area contributed by atoms with Gasteiger partial charge in [-0.1, -0.05) is 11.6 Å². The van der Waals surface area contributed by atoms with Crippen LogP contribution in [-0.4, -0.2) is 48.9 Å². The number of urea groups is 1. The summed E-state index contributed by atoms with van der Waals surface area (Å²) in [7, 11) is 0. The average Bonchev–Trinajstić information content (AvgIpc) is 3.00. The number of hydrogen-bond donors (Lipinski definition) is 2. The lowest BCUT2D eigenvalue weighted by Gasteiger charge is -2.31. The fourth-order valence-corrected chi connectivity index (χ4v) is 3.32. The number of primary amides is 1. The zero-order valence-corrected chi connectivity index (χ0v) is 13.9. The first-order chi connectivity index (χ1) is 11.5. The number of halogens is 1. The van der Waals surface area contributed by atoms with Gasteiger partial charge in [-0.3, -0.25) is 14.5 Å². The van der Waals surface area contributed by atoms with Crippen LogP contribution in [0, 0.1) is 5.92 Å². The Labute approximate surface area is 144 Å². The Kier molecular flexibility index (Phi) is 4.62. The number of carbonyl (C=O) groups excluding carboxylic acids is 3. The van der Waals surface area contributed by atoms with Crippen LogP contribution in [0.15, 0.2) is 18.2 Å². The van der Waals surface area contributed by atoms with Gasteiger partial charge in [0.05, 0.1) is 10.7 Å². The Hall–Kier alpha value is -2.28. The van der Waals surface area contributed by atoms with Crippen LogP contribution in [0.4, 0.5) is 10.5 Å². The lowest BCUT2D eigenvalue weighted by Crippen LogP contribution is -2.41. The molecule has 3 rings (SSSR count). The Morgan fingerprint density at radius 3 is 2.50 bits per heavy atom. The maximum atomic E-state index is 12.7. The number of likely N-dealkylation sites (tertiary alicyclic amines) is 1. The van der Waals surface area contributed by atoms with Crippen LogP contribution >= 0.6 is 11.6 Å². The van der Waals surface area contributed by atoms with Gasteiger partial charge in [-0.05, 0) is 31.0 Å². The zero-order chi connectivity index (χ0) is 17.3. The van der Waals surface area contributed by atoms with E-state index in [2.05, 4.69) is 5.32 Å². The van der Waals surface area contributed by atoms with Crippen LogP contribution < -0.4 is 16.0 Å². The molecule has 1 aromatic carbocycles. The number of nitrogens with one attached hydrogen (secondary N) is 1. The standard InChI is InChI=1S/C16H19ClN4O3/c17-12-2-1-11(9-13(12)21-8-5-19-16(21)24)15(23)20-6-3-10(4-7-20)14(18)22/h1-2,9-10H,3-8H2,(H2,18,22)(H,19,24). The van der Waals surface area contributed by atoms with Gasteiger partial charge in [0.25, 0.3) is 5.91 Å². The monoisotopic (exact) mass is 350 g/mol. The van der Waals surface area contributed by atoms with E-state index in [0.717, 1.165) is 0 Å². The summed E-state index contributed by atoms with van der Waals surface area (Å²) in [6, 6.07) is 4.72. The van der Waals surface area contributed by atoms with Gasteiger partial charge in [0, 0.05) is 37.7 Å². The topological polar surface area (TPSA) is 95.7 Å². The van der Waals surface area contributed by atoms with E-state index in [1.807, 2.05) is 0 Å². The number of piperidine rings is 1. The lowest BCUT2D eigenvalue weighted by atomic mass is 9.96. The quantitative estimate of drug-likeness (QED) is 0.857. The van der Waals surface area contributed by atoms with Crippen molar-refractivity contribution in [1.82, 2.24) is 10.2 Å². The fourth-order valence-electron chi connectivity index (χ4n) is 3.10. The number of nitrogens with two attached hydrogens (primary N) is 1. The molecule has 2 aliphatic heterocycles. The van der Waals surface area contributed by atoms with E-state index < -0.39 is 0 Å². The minimum absolute atomic E-state index is 0.129. The zero-order valence-electron chi connectivity index (χ0n) is 13.1. The van der Waals surface area contributed by atoms with Crippen molar-refractivity contribution in [3.05, 3.63) is 28.8 Å². The third-order valence-corrected chi connectivity index (χ3v) is 4.84. The Balaban J connectivity index is 1.76. The minimum atomic E-state index is -0.309. The van der Waals surface area contributed by atoms with Gasteiger partial charge in [-0.15, -0.1) is 0 Å². The molecule has 2 fully saturated rings. The molecule has 2 aliphatic rings. The molecule has 0 atom stereocenters. The van der Waals surface area contributed by atoms with Gasteiger partial charge in [-0.2, -0.15) is 0 Å². The SMILES string of the molecule is NC(=O)C1CCN(C(=O)c2ccc(Cl)c(N3CCNC3=O)c2)CC1. The number of carbonyl (C=O) groups is 3. The highest BCUT2D eigenvalue weighted by Crippen LogP contribution is 2.29. The second kappa shape index (κ2) is 6.68. The molecule has 0 aromatic heterocycles. The van der Waals surface area contributed by atoms with Crippen molar-refractivity contribution in [3.63, 3.8) is 0 Å². The van der Waals surface area contributed by atoms with E-state index >= 15 is 0 Å². The number of anilines is 1. The molecule has 2 saturated heterocycles. The molecule has 8 heteroatoms. The van der Waals surface area contributed by atoms with E-state index in [1.54, 1.807) is 23.1 Å². The summed E-state index contributed by atoms with van der Waals surface area (Å²) in [5.74, 6) is -0.602. The molecule has 0 spiro atoms. The van der Waals surface area contributed by atoms with Crippen molar-refractivity contribution in [1.29, 1.82) is 0 Å². The molecule has 1 aromatic rings. The van der Waals surface area contributed by atoms with Crippen LogP contribution in [0.25, 0.3) is 0 Å². The van der Waals surface area contributed by atoms with E-state index in [4.69, 9.17) is 17.3 Å². The predicted octanol–water partition coefficient (Wildman–Crippen LogP) is 1.21. The van der Waals surface area contributed by atoms with Crippen molar-refractivity contribution in [2.24, 2.45) is 11.7 Å². The van der Waals surface area contributed by atoms with Gasteiger partial charge in [-0.25, -0.2) is 4.79 Å². The summed E-state index contributed by atoms with van der Waals surface area (Å²) in [4.78, 5) is 39.0. The molecule has 0 saturated carbocycles. The molecule has 7 nitrogen and oxygen atoms in total. The predicted molar refractivity (Wildman–Crippen MR) is 90.0 cm³/mol. The van der Waals surface area contributed by atoms with E-state index in [9.17, 15) is 14.4 Å². The van der Waals surface area contributed by atoms with Crippen LogP contribution in [0.2, 0.25) is 5.02 Å². The van der Waals surface area contributed by atoms with Crippen molar-refractivity contribution >= 4 is 35.1 Å². The number of nitrogens with zero attached hydrogens (tertiary/aromatic N) is 2. The molecule has 4 amide bonds. The number of rotatable bonds is 3. The van der Waals surface area contributed by atoms with E-state index in [1.165, 1.54) is 4.90 Å². The van der Waals surface area contributed by atoms with Gasteiger partial charge in [0.15, 0.2) is 0 Å². The minimum Gasteiger partial charge on any atom is -0.369 e. The van der Waals surface area contributed by atoms with Crippen molar-refractivity contribution < 1.29 is 14.4 Å². The molecule has 0 bridgehead atoms.